The summed E-state index contributed by atoms with van der Waals surface area (Å²) >= 11 is 0. The van der Waals surface area contributed by atoms with E-state index in [9.17, 15) is 0 Å². The molecule has 148 valence electrons. The summed E-state index contributed by atoms with van der Waals surface area (Å²) in [4.78, 5) is 9.36. The lowest BCUT2D eigenvalue weighted by Gasteiger charge is -2.28. The minimum absolute atomic E-state index is 0. The van der Waals surface area contributed by atoms with Crippen LogP contribution in [0.5, 0.6) is 0 Å². The first kappa shape index (κ1) is 21.5. The molecule has 0 radical (unpaired) electrons. The molecular weight excluding hydrogens is 441 g/mol. The van der Waals surface area contributed by atoms with Crippen molar-refractivity contribution in [2.75, 3.05) is 40.3 Å². The van der Waals surface area contributed by atoms with Crippen LogP contribution in [0.4, 0.5) is 0 Å². The highest BCUT2D eigenvalue weighted by atomic mass is 127. The number of furan rings is 1. The Bertz CT molecular complexity index is 540. The standard InChI is InChI=1S/C19H33N5O.HI/c1-15(23(3)16-8-9-16)13-21-19(20-2)22-14-17(18-7-6-12-25-18)24-10-4-5-11-24;/h6-7,12,15-17H,4-5,8-11,13-14H2,1-3H3,(H2,20,21,22);1H. The monoisotopic (exact) mass is 475 g/mol. The number of likely N-dealkylation sites (N-methyl/N-ethyl adjacent to an activating group) is 1. The topological polar surface area (TPSA) is 56.0 Å². The molecule has 2 aliphatic rings. The van der Waals surface area contributed by atoms with Crippen molar-refractivity contribution in [3.63, 3.8) is 0 Å². The fraction of sp³-hybridized carbons (Fsp3) is 0.737. The van der Waals surface area contributed by atoms with Crippen LogP contribution < -0.4 is 10.6 Å². The molecule has 2 unspecified atom stereocenters. The largest absolute Gasteiger partial charge is 0.468 e. The van der Waals surface area contributed by atoms with Gasteiger partial charge in [0.15, 0.2) is 5.96 Å². The Hall–Kier alpha value is -0.800. The Kier molecular flexibility index (Phi) is 8.69. The zero-order chi connectivity index (χ0) is 17.6. The molecular formula is C19H34IN5O. The molecule has 1 saturated heterocycles. The zero-order valence-electron chi connectivity index (χ0n) is 16.3. The van der Waals surface area contributed by atoms with Gasteiger partial charge in [0, 0.05) is 32.2 Å². The zero-order valence-corrected chi connectivity index (χ0v) is 18.6. The first-order valence-corrected chi connectivity index (χ1v) is 9.63. The Balaban J connectivity index is 0.00000243. The molecule has 0 spiro atoms. The van der Waals surface area contributed by atoms with Crippen molar-refractivity contribution < 1.29 is 4.42 Å². The van der Waals surface area contributed by atoms with E-state index < -0.39 is 0 Å². The molecule has 2 heterocycles. The molecule has 2 N–H and O–H groups in total. The van der Waals surface area contributed by atoms with E-state index in [1.54, 1.807) is 6.26 Å². The molecule has 2 atom stereocenters. The van der Waals surface area contributed by atoms with E-state index in [1.165, 1.54) is 25.7 Å². The second kappa shape index (κ2) is 10.5. The molecule has 6 nitrogen and oxygen atoms in total. The number of hydrogen-bond acceptors (Lipinski definition) is 4. The molecule has 0 bridgehead atoms. The normalized spacial score (nSPS) is 20.7. The second-order valence-corrected chi connectivity index (χ2v) is 7.35. The van der Waals surface area contributed by atoms with Crippen LogP contribution in [0.25, 0.3) is 0 Å². The van der Waals surface area contributed by atoms with Gasteiger partial charge in [0.25, 0.3) is 0 Å². The maximum Gasteiger partial charge on any atom is 0.191 e. The number of hydrogen-bond donors (Lipinski definition) is 2. The smallest absolute Gasteiger partial charge is 0.191 e. The number of likely N-dealkylation sites (tertiary alicyclic amines) is 1. The van der Waals surface area contributed by atoms with Gasteiger partial charge in [0.2, 0.25) is 0 Å². The van der Waals surface area contributed by atoms with Crippen LogP contribution in [0.2, 0.25) is 0 Å². The Morgan fingerprint density at radius 3 is 2.58 bits per heavy atom. The second-order valence-electron chi connectivity index (χ2n) is 7.35. The van der Waals surface area contributed by atoms with E-state index >= 15 is 0 Å². The molecule has 1 aromatic heterocycles. The lowest BCUT2D eigenvalue weighted by Crippen LogP contribution is -2.47. The first-order chi connectivity index (χ1) is 12.2. The average Bonchev–Trinajstić information content (AvgIpc) is 3.10. The predicted octanol–water partition coefficient (Wildman–Crippen LogP) is 2.68. The summed E-state index contributed by atoms with van der Waals surface area (Å²) < 4.78 is 5.69. The van der Waals surface area contributed by atoms with Gasteiger partial charge in [0.05, 0.1) is 12.3 Å². The third-order valence-electron chi connectivity index (χ3n) is 5.52. The summed E-state index contributed by atoms with van der Waals surface area (Å²) in [5, 5.41) is 6.96. The van der Waals surface area contributed by atoms with Crippen molar-refractivity contribution >= 4 is 29.9 Å². The van der Waals surface area contributed by atoms with Crippen LogP contribution >= 0.6 is 24.0 Å². The van der Waals surface area contributed by atoms with Crippen LogP contribution in [0, 0.1) is 0 Å². The minimum Gasteiger partial charge on any atom is -0.468 e. The van der Waals surface area contributed by atoms with Gasteiger partial charge in [-0.1, -0.05) is 0 Å². The van der Waals surface area contributed by atoms with E-state index in [2.05, 4.69) is 45.5 Å². The van der Waals surface area contributed by atoms with Gasteiger partial charge >= 0.3 is 0 Å². The molecule has 1 aliphatic heterocycles. The lowest BCUT2D eigenvalue weighted by atomic mass is 10.2. The molecule has 2 fully saturated rings. The minimum atomic E-state index is 0. The number of nitrogens with one attached hydrogen (secondary N) is 2. The molecule has 0 amide bonds. The summed E-state index contributed by atoms with van der Waals surface area (Å²) in [5.74, 6) is 1.90. The van der Waals surface area contributed by atoms with Gasteiger partial charge in [-0.3, -0.25) is 14.8 Å². The maximum absolute atomic E-state index is 5.69. The molecule has 3 rings (SSSR count). The summed E-state index contributed by atoms with van der Waals surface area (Å²) in [6, 6.07) is 5.60. The third kappa shape index (κ3) is 5.85. The molecule has 1 aliphatic carbocycles. The quantitative estimate of drug-likeness (QED) is 0.344. The summed E-state index contributed by atoms with van der Waals surface area (Å²) in [6.45, 7) is 6.26. The van der Waals surface area contributed by atoms with Crippen LogP contribution in [0.15, 0.2) is 27.8 Å². The fourth-order valence-electron chi connectivity index (χ4n) is 3.59. The molecule has 0 aromatic carbocycles. The number of guanidine groups is 1. The summed E-state index contributed by atoms with van der Waals surface area (Å²) in [6.07, 6.45) is 6.99. The van der Waals surface area contributed by atoms with Crippen LogP contribution in [-0.4, -0.2) is 68.1 Å². The van der Waals surface area contributed by atoms with Crippen LogP contribution in [0.1, 0.15) is 44.4 Å². The summed E-state index contributed by atoms with van der Waals surface area (Å²) in [5.41, 5.74) is 0. The van der Waals surface area contributed by atoms with Gasteiger partial charge < -0.3 is 15.1 Å². The van der Waals surface area contributed by atoms with Crippen molar-refractivity contribution in [1.82, 2.24) is 20.4 Å². The van der Waals surface area contributed by atoms with Crippen LogP contribution in [0.3, 0.4) is 0 Å². The Morgan fingerprint density at radius 1 is 1.31 bits per heavy atom. The predicted molar refractivity (Wildman–Crippen MR) is 117 cm³/mol. The Morgan fingerprint density at radius 2 is 2.00 bits per heavy atom. The number of nitrogens with zero attached hydrogens (tertiary/aromatic N) is 3. The van der Waals surface area contributed by atoms with E-state index in [4.69, 9.17) is 4.42 Å². The number of aliphatic imine (C=N–C) groups is 1. The number of halogens is 1. The van der Waals surface area contributed by atoms with Crippen LogP contribution in [-0.2, 0) is 0 Å². The van der Waals surface area contributed by atoms with Crippen molar-refractivity contribution in [1.29, 1.82) is 0 Å². The van der Waals surface area contributed by atoms with E-state index in [1.807, 2.05) is 13.1 Å². The molecule has 1 saturated carbocycles. The van der Waals surface area contributed by atoms with Gasteiger partial charge in [-0.15, -0.1) is 24.0 Å². The van der Waals surface area contributed by atoms with E-state index in [0.717, 1.165) is 43.9 Å². The van der Waals surface area contributed by atoms with Gasteiger partial charge in [0.1, 0.15) is 5.76 Å². The first-order valence-electron chi connectivity index (χ1n) is 9.63. The van der Waals surface area contributed by atoms with E-state index in [-0.39, 0.29) is 30.0 Å². The lowest BCUT2D eigenvalue weighted by molar-refractivity contribution is 0.215. The maximum atomic E-state index is 5.69. The van der Waals surface area contributed by atoms with Crippen molar-refractivity contribution in [3.05, 3.63) is 24.2 Å². The SMILES string of the molecule is CN=C(NCC(c1ccco1)N1CCCC1)NCC(C)N(C)C1CC1.I. The average molecular weight is 475 g/mol. The molecule has 7 heteroatoms. The van der Waals surface area contributed by atoms with Crippen molar-refractivity contribution in [2.24, 2.45) is 4.99 Å². The Labute approximate surface area is 174 Å². The molecule has 26 heavy (non-hydrogen) atoms. The van der Waals surface area contributed by atoms with E-state index in [0.29, 0.717) is 6.04 Å². The van der Waals surface area contributed by atoms with Crippen molar-refractivity contribution in [3.8, 4) is 0 Å². The fourth-order valence-corrected chi connectivity index (χ4v) is 3.59. The third-order valence-corrected chi connectivity index (χ3v) is 5.52. The van der Waals surface area contributed by atoms with Crippen molar-refractivity contribution in [2.45, 2.75) is 50.7 Å². The highest BCUT2D eigenvalue weighted by Crippen LogP contribution is 2.27. The molecule has 1 aromatic rings. The summed E-state index contributed by atoms with van der Waals surface area (Å²) in [7, 11) is 4.06. The van der Waals surface area contributed by atoms with Gasteiger partial charge in [-0.25, -0.2) is 0 Å². The van der Waals surface area contributed by atoms with Gasteiger partial charge in [-0.05, 0) is 64.9 Å². The highest BCUT2D eigenvalue weighted by Gasteiger charge is 2.29. The van der Waals surface area contributed by atoms with Gasteiger partial charge in [-0.2, -0.15) is 0 Å². The highest BCUT2D eigenvalue weighted by molar-refractivity contribution is 14.0. The number of rotatable bonds is 8.